The molecule has 14 N–H and O–H groups in total. The summed E-state index contributed by atoms with van der Waals surface area (Å²) in [6, 6.07) is 11.3. The molecule has 6 amide bonds. The molecule has 6 aromatic carbocycles. The second-order valence-corrected chi connectivity index (χ2v) is 25.9. The van der Waals surface area contributed by atoms with Crippen LogP contribution in [-0.4, -0.2) is 118 Å². The van der Waals surface area contributed by atoms with Crippen molar-refractivity contribution in [1.82, 2.24) is 0 Å². The van der Waals surface area contributed by atoms with E-state index in [-0.39, 0.29) is 51.7 Å². The van der Waals surface area contributed by atoms with E-state index in [9.17, 15) is 102 Å². The molecular formula is C41H32N6O29S8. The Morgan fingerprint density at radius 2 is 0.655 bits per heavy atom. The first-order valence-corrected chi connectivity index (χ1v) is 31.3. The van der Waals surface area contributed by atoms with E-state index in [1.165, 1.54) is 0 Å². The maximum atomic E-state index is 14.0. The number of hydrogen-bond acceptors (Lipinski definition) is 25. The predicted octanol–water partition coefficient (Wildman–Crippen LogP) is 4.68. The highest BCUT2D eigenvalue weighted by Crippen LogP contribution is 2.34. The maximum Gasteiger partial charge on any atom is 0.323 e. The Bertz CT molecular complexity index is 4270. The van der Waals surface area contributed by atoms with Gasteiger partial charge in [0.2, 0.25) is 0 Å². The van der Waals surface area contributed by atoms with Gasteiger partial charge in [-0.05, 0) is 109 Å². The van der Waals surface area contributed by atoms with Crippen molar-refractivity contribution < 1.29 is 131 Å². The predicted molar refractivity (Wildman–Crippen MR) is 283 cm³/mol. The molecule has 0 bridgehead atoms. The molecular weight excluding hydrogens is 1300 g/mol. The summed E-state index contributed by atoms with van der Waals surface area (Å²) in [5, 5.41) is 37.1. The second-order valence-electron chi connectivity index (χ2n) is 15.9. The van der Waals surface area contributed by atoms with Crippen LogP contribution in [0.25, 0.3) is 0 Å². The fourth-order valence-corrected chi connectivity index (χ4v) is 11.5. The van der Waals surface area contributed by atoms with Crippen molar-refractivity contribution in [2.45, 2.75) is 39.2 Å². The van der Waals surface area contributed by atoms with E-state index in [2.05, 4.69) is 40.0 Å². The third-order valence-corrected chi connectivity index (χ3v) is 16.7. The minimum Gasteiger partial charge on any atom is -0.321 e. The van der Waals surface area contributed by atoms with Crippen molar-refractivity contribution in [3.8, 4) is 0 Å². The van der Waals surface area contributed by atoms with Gasteiger partial charge in [-0.1, -0.05) is 10.1 Å². The number of carbonyl (C=O) groups is 5. The molecule has 0 spiro atoms. The van der Waals surface area contributed by atoms with Crippen LogP contribution in [0.4, 0.5) is 38.9 Å². The molecule has 0 heterocycles. The van der Waals surface area contributed by atoms with Crippen molar-refractivity contribution in [3.05, 3.63) is 131 Å². The first-order chi connectivity index (χ1) is 38.8. The average molecular weight is 1330 g/mol. The fourth-order valence-electron chi connectivity index (χ4n) is 6.77. The van der Waals surface area contributed by atoms with Gasteiger partial charge in [0.15, 0.2) is 0 Å². The van der Waals surface area contributed by atoms with Crippen LogP contribution in [0.3, 0.4) is 0 Å². The van der Waals surface area contributed by atoms with E-state index < -0.39 is 170 Å². The van der Waals surface area contributed by atoms with Crippen LogP contribution in [-0.2, 0) is 79.5 Å². The van der Waals surface area contributed by atoms with Gasteiger partial charge in [-0.15, -0.1) is 8.67 Å². The molecule has 35 nitrogen and oxygen atoms in total. The zero-order valence-electron chi connectivity index (χ0n) is 40.3. The summed E-state index contributed by atoms with van der Waals surface area (Å²) in [6.07, 6.45) is 0. The third-order valence-electron chi connectivity index (χ3n) is 10.3. The van der Waals surface area contributed by atoms with Crippen LogP contribution in [0.1, 0.15) is 41.4 Å². The molecule has 0 fully saturated rings. The van der Waals surface area contributed by atoms with Crippen LogP contribution in [0.5, 0.6) is 0 Å². The van der Waals surface area contributed by atoms with E-state index in [0.717, 1.165) is 66.7 Å². The van der Waals surface area contributed by atoms with Gasteiger partial charge in [0, 0.05) is 38.5 Å². The van der Waals surface area contributed by atoms with Crippen LogP contribution in [0.2, 0.25) is 0 Å². The molecule has 43 heteroatoms. The summed E-state index contributed by atoms with van der Waals surface area (Å²) in [5.41, 5.74) is -6.68. The smallest absolute Gasteiger partial charge is 0.321 e. The summed E-state index contributed by atoms with van der Waals surface area (Å²) in [7, 11) is -31.3. The fraction of sp³-hybridized carbons (Fsp3) is 0. The normalized spacial score (nSPS) is 12.2. The SMILES string of the molecule is O=C(Nc1cc(C(=O)Nc2ccc(S(=O)(=O)O)cc2SOOO)cc(C(=O)Nc2ccc(SOOO)cc2S(=O)(=O)O)c1)Nc1cc(C(=O)Nc2ccc(S(=O)(=O)O)cc2S(=O)(=O)O)cc(C(=O)Nc2ccc(S(=O)(=O)O)cc2S(=O)(=O)O)c1. The van der Waals surface area contributed by atoms with E-state index in [4.69, 9.17) is 10.5 Å². The minimum absolute atomic E-state index is 0.0909. The van der Waals surface area contributed by atoms with E-state index in [1.807, 2.05) is 10.6 Å². The first-order valence-electron chi connectivity index (χ1n) is 21.2. The summed E-state index contributed by atoms with van der Waals surface area (Å²) in [5.74, 6) is -5.44. The molecule has 84 heavy (non-hydrogen) atoms. The molecule has 0 saturated heterocycles. The van der Waals surface area contributed by atoms with Gasteiger partial charge in [0.05, 0.1) is 66.4 Å². The van der Waals surface area contributed by atoms with E-state index >= 15 is 0 Å². The van der Waals surface area contributed by atoms with Crippen LogP contribution < -0.4 is 31.9 Å². The lowest BCUT2D eigenvalue weighted by molar-refractivity contribution is -0.432. The molecule has 6 rings (SSSR count). The van der Waals surface area contributed by atoms with Gasteiger partial charge in [0.1, 0.15) is 14.7 Å². The zero-order chi connectivity index (χ0) is 62.5. The van der Waals surface area contributed by atoms with Crippen molar-refractivity contribution in [1.29, 1.82) is 0 Å². The van der Waals surface area contributed by atoms with Gasteiger partial charge in [-0.25, -0.2) is 15.3 Å². The topological polar surface area (TPSA) is 561 Å². The Kier molecular flexibility index (Phi) is 20.1. The molecule has 0 saturated carbocycles. The zero-order valence-corrected chi connectivity index (χ0v) is 46.8. The molecule has 0 aliphatic heterocycles. The summed E-state index contributed by atoms with van der Waals surface area (Å²) < 4.78 is 212. The van der Waals surface area contributed by atoms with Crippen molar-refractivity contribution in [2.24, 2.45) is 0 Å². The number of carbonyl (C=O) groups excluding carboxylic acids is 5. The van der Waals surface area contributed by atoms with Gasteiger partial charge in [-0.2, -0.15) is 50.5 Å². The highest BCUT2D eigenvalue weighted by atomic mass is 32.2. The minimum atomic E-state index is -5.45. The Hall–Kier alpha value is -7.61. The van der Waals surface area contributed by atoms with Crippen LogP contribution in [0, 0.1) is 0 Å². The monoisotopic (exact) mass is 1330 g/mol. The van der Waals surface area contributed by atoms with Gasteiger partial charge in [-0.3, -0.25) is 46.5 Å². The molecule has 0 atom stereocenters. The maximum absolute atomic E-state index is 14.0. The van der Waals surface area contributed by atoms with E-state index in [0.29, 0.717) is 30.3 Å². The molecule has 0 unspecified atom stereocenters. The number of anilines is 6. The van der Waals surface area contributed by atoms with E-state index in [1.54, 1.807) is 0 Å². The van der Waals surface area contributed by atoms with Gasteiger partial charge in [0.25, 0.3) is 84.3 Å². The Labute approximate surface area is 479 Å². The number of benzene rings is 6. The van der Waals surface area contributed by atoms with Crippen molar-refractivity contribution >= 4 is 149 Å². The number of nitrogens with one attached hydrogen (secondary N) is 6. The Morgan fingerprint density at radius 1 is 0.345 bits per heavy atom. The van der Waals surface area contributed by atoms with Crippen LogP contribution in [0.15, 0.2) is 148 Å². The Balaban J connectivity index is 1.44. The number of amides is 6. The van der Waals surface area contributed by atoms with Crippen LogP contribution >= 0.6 is 24.1 Å². The molecule has 0 aliphatic carbocycles. The number of hydrogen-bond donors (Lipinski definition) is 14. The highest BCUT2D eigenvalue weighted by Gasteiger charge is 2.27. The Morgan fingerprint density at radius 3 is 1.00 bits per heavy atom. The largest absolute Gasteiger partial charge is 0.323 e. The van der Waals surface area contributed by atoms with Crippen molar-refractivity contribution in [3.63, 3.8) is 0 Å². The average Bonchev–Trinajstić information content (AvgIpc) is 3.54. The third kappa shape index (κ3) is 17.3. The molecule has 6 aromatic rings. The summed E-state index contributed by atoms with van der Waals surface area (Å²) >= 11 is 0.330. The number of rotatable bonds is 22. The van der Waals surface area contributed by atoms with Gasteiger partial charge < -0.3 is 31.9 Å². The highest BCUT2D eigenvalue weighted by molar-refractivity contribution is 7.95. The number of urea groups is 1. The molecule has 0 radical (unpaired) electrons. The molecule has 448 valence electrons. The lowest BCUT2D eigenvalue weighted by Crippen LogP contribution is -2.23. The summed E-state index contributed by atoms with van der Waals surface area (Å²) in [6.45, 7) is 0. The summed E-state index contributed by atoms with van der Waals surface area (Å²) in [4.78, 5) is 62.5. The standard InChI is InChI=1S/C41H32N6O29S8/c48-37(44-29-6-2-26(79(55,56)57)16-33(29)78-76-74-54)19-9-20(38(49)45-30-5-1-25(77-75-73-53)15-34(30)82(64,65)66)12-23(11-19)42-41(52)43-24-13-21(39(50)46-31-7-3-27(80(58,59)60)17-35(31)83(67,68)69)10-22(14-24)40(51)47-32-8-4-28(81(61,62)63)18-36(32)84(70,71)72/h1-18,53-54H,(H,44,48)(H,45,49)(H,46,50)(H,47,51)(H2,42,43,52)(H,55,56,57)(H,58,59,60)(H,61,62,63)(H,64,65,66)(H,67,68,69)(H,70,71,72). The quantitative estimate of drug-likeness (QED) is 0.0190. The molecule has 0 aliphatic rings. The van der Waals surface area contributed by atoms with Crippen molar-refractivity contribution in [2.75, 3.05) is 31.9 Å². The first kappa shape index (κ1) is 65.5. The molecule has 0 aromatic heterocycles. The lowest BCUT2D eigenvalue weighted by atomic mass is 10.1. The second kappa shape index (κ2) is 25.7. The lowest BCUT2D eigenvalue weighted by Gasteiger charge is -2.16. The van der Waals surface area contributed by atoms with Gasteiger partial charge >= 0.3 is 6.03 Å².